The standard InChI is InChI=1S/C19H19BrN4O4S/c1-12-11-14(20)5-6-15(12)21-19(25)13-7-9-24(10-8-13)29(26,27)17-4-2-3-16-18(17)23-28-22-16/h2-6,11,13H,7-10H2,1H3,(H,21,25). The molecule has 1 amide bonds. The molecule has 2 heterocycles. The number of benzene rings is 2. The van der Waals surface area contributed by atoms with Gasteiger partial charge in [-0.05, 0) is 66.0 Å². The molecular weight excluding hydrogens is 460 g/mol. The fourth-order valence-corrected chi connectivity index (χ4v) is 5.57. The number of carbonyl (C=O) groups is 1. The lowest BCUT2D eigenvalue weighted by molar-refractivity contribution is -0.120. The smallest absolute Gasteiger partial charge is 0.245 e. The summed E-state index contributed by atoms with van der Waals surface area (Å²) >= 11 is 3.41. The third kappa shape index (κ3) is 3.92. The first kappa shape index (κ1) is 20.0. The van der Waals surface area contributed by atoms with E-state index in [1.165, 1.54) is 10.4 Å². The number of carbonyl (C=O) groups excluding carboxylic acids is 1. The van der Waals surface area contributed by atoms with Crippen molar-refractivity contribution in [3.63, 3.8) is 0 Å². The number of halogens is 1. The number of sulfonamides is 1. The van der Waals surface area contributed by atoms with Crippen LogP contribution in [0.2, 0.25) is 0 Å². The molecule has 0 aliphatic carbocycles. The Balaban J connectivity index is 1.45. The molecule has 0 atom stereocenters. The van der Waals surface area contributed by atoms with Crippen LogP contribution in [0.3, 0.4) is 0 Å². The molecule has 0 unspecified atom stereocenters. The minimum atomic E-state index is -3.74. The van der Waals surface area contributed by atoms with Gasteiger partial charge in [0.15, 0.2) is 5.52 Å². The number of aromatic nitrogens is 2. The first-order chi connectivity index (χ1) is 13.9. The molecule has 2 aromatic carbocycles. The number of nitrogens with one attached hydrogen (secondary N) is 1. The van der Waals surface area contributed by atoms with Crippen molar-refractivity contribution in [2.75, 3.05) is 18.4 Å². The summed E-state index contributed by atoms with van der Waals surface area (Å²) in [5.74, 6) is -0.329. The van der Waals surface area contributed by atoms with Crippen LogP contribution in [0.4, 0.5) is 5.69 Å². The van der Waals surface area contributed by atoms with Crippen molar-refractivity contribution in [2.24, 2.45) is 5.92 Å². The highest BCUT2D eigenvalue weighted by molar-refractivity contribution is 9.10. The number of anilines is 1. The van der Waals surface area contributed by atoms with Gasteiger partial charge in [-0.15, -0.1) is 0 Å². The van der Waals surface area contributed by atoms with E-state index in [1.807, 2.05) is 25.1 Å². The van der Waals surface area contributed by atoms with Crippen LogP contribution in [-0.2, 0) is 14.8 Å². The lowest BCUT2D eigenvalue weighted by atomic mass is 9.97. The molecule has 152 valence electrons. The molecule has 0 spiro atoms. The molecule has 1 N–H and O–H groups in total. The Morgan fingerprint density at radius 3 is 2.69 bits per heavy atom. The van der Waals surface area contributed by atoms with Gasteiger partial charge in [0, 0.05) is 29.2 Å². The van der Waals surface area contributed by atoms with Crippen molar-refractivity contribution in [1.29, 1.82) is 0 Å². The molecule has 1 aromatic heterocycles. The van der Waals surface area contributed by atoms with Gasteiger partial charge in [-0.2, -0.15) is 4.31 Å². The number of nitrogens with zero attached hydrogens (tertiary/aromatic N) is 3. The van der Waals surface area contributed by atoms with Crippen LogP contribution < -0.4 is 5.32 Å². The quantitative estimate of drug-likeness (QED) is 0.616. The van der Waals surface area contributed by atoms with Gasteiger partial charge in [-0.1, -0.05) is 22.0 Å². The van der Waals surface area contributed by atoms with E-state index in [-0.39, 0.29) is 35.3 Å². The topological polar surface area (TPSA) is 105 Å². The van der Waals surface area contributed by atoms with Crippen LogP contribution in [0.5, 0.6) is 0 Å². The first-order valence-corrected chi connectivity index (χ1v) is 11.4. The summed E-state index contributed by atoms with van der Waals surface area (Å²) in [5, 5.41) is 10.4. The molecule has 0 bridgehead atoms. The Labute approximate surface area is 176 Å². The maximum Gasteiger partial charge on any atom is 0.245 e. The van der Waals surface area contributed by atoms with Crippen molar-refractivity contribution in [3.8, 4) is 0 Å². The summed E-state index contributed by atoms with van der Waals surface area (Å²) in [6.45, 7) is 2.46. The van der Waals surface area contributed by atoms with Gasteiger partial charge in [0.05, 0.1) is 0 Å². The number of piperidine rings is 1. The number of aryl methyl sites for hydroxylation is 1. The van der Waals surface area contributed by atoms with Crippen molar-refractivity contribution in [2.45, 2.75) is 24.7 Å². The largest absolute Gasteiger partial charge is 0.326 e. The van der Waals surface area contributed by atoms with Gasteiger partial charge in [0.25, 0.3) is 0 Å². The predicted molar refractivity (Wildman–Crippen MR) is 111 cm³/mol. The predicted octanol–water partition coefficient (Wildman–Crippen LogP) is 3.33. The maximum absolute atomic E-state index is 13.1. The second-order valence-corrected chi connectivity index (χ2v) is 9.84. The van der Waals surface area contributed by atoms with Crippen LogP contribution in [0.25, 0.3) is 11.0 Å². The average Bonchev–Trinajstić information content (AvgIpc) is 3.19. The highest BCUT2D eigenvalue weighted by Gasteiger charge is 2.33. The maximum atomic E-state index is 13.1. The third-order valence-corrected chi connectivity index (χ3v) is 7.56. The zero-order valence-electron chi connectivity index (χ0n) is 15.6. The zero-order valence-corrected chi connectivity index (χ0v) is 18.0. The third-order valence-electron chi connectivity index (χ3n) is 5.14. The summed E-state index contributed by atoms with van der Waals surface area (Å²) in [6, 6.07) is 10.4. The second-order valence-electron chi connectivity index (χ2n) is 7.01. The van der Waals surface area contributed by atoms with E-state index in [0.29, 0.717) is 18.4 Å². The zero-order chi connectivity index (χ0) is 20.6. The Morgan fingerprint density at radius 1 is 1.21 bits per heavy atom. The fourth-order valence-electron chi connectivity index (χ4n) is 3.49. The van der Waals surface area contributed by atoms with E-state index in [1.54, 1.807) is 12.1 Å². The van der Waals surface area contributed by atoms with Crippen molar-refractivity contribution in [3.05, 3.63) is 46.4 Å². The van der Waals surface area contributed by atoms with Crippen LogP contribution in [0, 0.1) is 12.8 Å². The number of amides is 1. The van der Waals surface area contributed by atoms with Gasteiger partial charge < -0.3 is 5.32 Å². The lowest BCUT2D eigenvalue weighted by Crippen LogP contribution is -2.41. The minimum Gasteiger partial charge on any atom is -0.326 e. The Bertz CT molecular complexity index is 1170. The molecule has 0 saturated carbocycles. The minimum absolute atomic E-state index is 0.0737. The molecule has 0 radical (unpaired) electrons. The average molecular weight is 479 g/mol. The normalized spacial score (nSPS) is 16.2. The molecule has 8 nitrogen and oxygen atoms in total. The van der Waals surface area contributed by atoms with Gasteiger partial charge in [-0.25, -0.2) is 13.0 Å². The summed E-state index contributed by atoms with van der Waals surface area (Å²) < 4.78 is 33.1. The monoisotopic (exact) mass is 478 g/mol. The second kappa shape index (κ2) is 7.85. The molecule has 3 aromatic rings. The van der Waals surface area contributed by atoms with Gasteiger partial charge in [-0.3, -0.25) is 4.79 Å². The van der Waals surface area contributed by atoms with E-state index in [2.05, 4.69) is 36.2 Å². The van der Waals surface area contributed by atoms with Crippen LogP contribution in [-0.4, -0.2) is 42.0 Å². The Hall–Kier alpha value is -2.30. The van der Waals surface area contributed by atoms with Gasteiger partial charge in [0.2, 0.25) is 15.9 Å². The SMILES string of the molecule is Cc1cc(Br)ccc1NC(=O)C1CCN(S(=O)(=O)c2cccc3nonc23)CC1. The van der Waals surface area contributed by atoms with Crippen molar-refractivity contribution in [1.82, 2.24) is 14.6 Å². The fraction of sp³-hybridized carbons (Fsp3) is 0.316. The Kier molecular flexibility index (Phi) is 5.41. The van der Waals surface area contributed by atoms with E-state index < -0.39 is 10.0 Å². The van der Waals surface area contributed by atoms with Gasteiger partial charge >= 0.3 is 0 Å². The summed E-state index contributed by atoms with van der Waals surface area (Å²) in [7, 11) is -3.74. The number of rotatable bonds is 4. The number of hydrogen-bond acceptors (Lipinski definition) is 6. The molecule has 1 aliphatic rings. The summed E-state index contributed by atoms with van der Waals surface area (Å²) in [6.07, 6.45) is 0.904. The molecule has 29 heavy (non-hydrogen) atoms. The summed E-state index contributed by atoms with van der Waals surface area (Å²) in [4.78, 5) is 12.7. The van der Waals surface area contributed by atoms with Crippen molar-refractivity contribution < 1.29 is 17.8 Å². The molecule has 1 aliphatic heterocycles. The molecule has 10 heteroatoms. The van der Waals surface area contributed by atoms with Crippen molar-refractivity contribution >= 4 is 48.6 Å². The van der Waals surface area contributed by atoms with Crippen LogP contribution >= 0.6 is 15.9 Å². The molecule has 4 rings (SSSR count). The van der Waals surface area contributed by atoms with Crippen LogP contribution in [0.15, 0.2) is 50.4 Å². The van der Waals surface area contributed by atoms with Crippen LogP contribution in [0.1, 0.15) is 18.4 Å². The molecular formula is C19H19BrN4O4S. The Morgan fingerprint density at radius 2 is 1.97 bits per heavy atom. The van der Waals surface area contributed by atoms with E-state index in [4.69, 9.17) is 0 Å². The van der Waals surface area contributed by atoms with E-state index >= 15 is 0 Å². The highest BCUT2D eigenvalue weighted by Crippen LogP contribution is 2.28. The molecule has 1 saturated heterocycles. The van der Waals surface area contributed by atoms with Gasteiger partial charge in [0.1, 0.15) is 10.4 Å². The van der Waals surface area contributed by atoms with E-state index in [9.17, 15) is 13.2 Å². The highest BCUT2D eigenvalue weighted by atomic mass is 79.9. The first-order valence-electron chi connectivity index (χ1n) is 9.15. The molecule has 1 fully saturated rings. The number of fused-ring (bicyclic) bond motifs is 1. The summed E-state index contributed by atoms with van der Waals surface area (Å²) in [5.41, 5.74) is 2.34. The number of hydrogen-bond donors (Lipinski definition) is 1. The lowest BCUT2D eigenvalue weighted by Gasteiger charge is -2.30. The van der Waals surface area contributed by atoms with E-state index in [0.717, 1.165) is 15.7 Å².